The molecule has 0 aliphatic carbocycles. The number of anilines is 2. The van der Waals surface area contributed by atoms with Crippen molar-refractivity contribution in [2.75, 3.05) is 17.2 Å². The lowest BCUT2D eigenvalue weighted by Gasteiger charge is -2.26. The second-order valence-corrected chi connectivity index (χ2v) is 8.75. The van der Waals surface area contributed by atoms with Crippen molar-refractivity contribution in [3.05, 3.63) is 68.9 Å². The Hall–Kier alpha value is -3.35. The Labute approximate surface area is 181 Å². The summed E-state index contributed by atoms with van der Waals surface area (Å²) in [4.78, 5) is 42.1. The van der Waals surface area contributed by atoms with E-state index in [-0.39, 0.29) is 35.7 Å². The van der Waals surface area contributed by atoms with Gasteiger partial charge in [0.05, 0.1) is 6.42 Å². The number of amides is 1. The molecule has 1 heterocycles. The molecule has 3 rings (SSSR count). The molecule has 0 saturated heterocycles. The van der Waals surface area contributed by atoms with Crippen molar-refractivity contribution in [1.82, 2.24) is 9.55 Å². The van der Waals surface area contributed by atoms with Crippen LogP contribution in [0.5, 0.6) is 0 Å². The van der Waals surface area contributed by atoms with E-state index in [4.69, 9.17) is 5.73 Å². The topological polar surface area (TPSA) is 101 Å². The molecule has 3 aromatic rings. The molecule has 7 heteroatoms. The summed E-state index contributed by atoms with van der Waals surface area (Å²) in [6, 6.07) is 13.8. The lowest BCUT2D eigenvalue weighted by atomic mass is 10.0. The Balaban J connectivity index is 2.02. The highest BCUT2D eigenvalue weighted by Gasteiger charge is 2.25. The van der Waals surface area contributed by atoms with Crippen molar-refractivity contribution in [3.8, 4) is 0 Å². The number of carbonyl (C=O) groups excluding carboxylic acids is 1. The summed E-state index contributed by atoms with van der Waals surface area (Å²) < 4.78 is 1.33. The van der Waals surface area contributed by atoms with Crippen LogP contribution in [0.25, 0.3) is 10.8 Å². The van der Waals surface area contributed by atoms with E-state index in [2.05, 4.69) is 4.98 Å². The van der Waals surface area contributed by atoms with Gasteiger partial charge in [0.25, 0.3) is 5.56 Å². The number of H-pyrrole nitrogens is 1. The van der Waals surface area contributed by atoms with Crippen LogP contribution in [0, 0.1) is 11.8 Å². The highest BCUT2D eigenvalue weighted by atomic mass is 16.2. The molecule has 0 fully saturated rings. The standard InChI is InChI=1S/C24H30N4O3/c1-15(2)13-27(21-22(25)28(14-16(3)4)24(31)26-23(21)30)20(29)12-17-9-10-18-7-5-6-8-19(18)11-17/h5-11,15-16H,12-14,25H2,1-4H3,(H,26,30,31). The molecule has 0 aliphatic rings. The van der Waals surface area contributed by atoms with Gasteiger partial charge in [0.2, 0.25) is 5.91 Å². The molecule has 1 amide bonds. The number of nitrogens with two attached hydrogens (primary N) is 1. The van der Waals surface area contributed by atoms with E-state index in [9.17, 15) is 14.4 Å². The maximum absolute atomic E-state index is 13.3. The maximum atomic E-state index is 13.3. The monoisotopic (exact) mass is 422 g/mol. The van der Waals surface area contributed by atoms with Crippen molar-refractivity contribution in [3.63, 3.8) is 0 Å². The molecule has 0 unspecified atom stereocenters. The second kappa shape index (κ2) is 9.20. The summed E-state index contributed by atoms with van der Waals surface area (Å²) in [5.41, 5.74) is 5.95. The first-order chi connectivity index (χ1) is 14.7. The Kier molecular flexibility index (Phi) is 6.63. The van der Waals surface area contributed by atoms with Gasteiger partial charge in [-0.2, -0.15) is 0 Å². The fourth-order valence-electron chi connectivity index (χ4n) is 3.69. The largest absolute Gasteiger partial charge is 0.383 e. The summed E-state index contributed by atoms with van der Waals surface area (Å²) in [7, 11) is 0. The number of fused-ring (bicyclic) bond motifs is 1. The number of rotatable bonds is 7. The van der Waals surface area contributed by atoms with Gasteiger partial charge in [0.1, 0.15) is 5.82 Å². The molecular formula is C24H30N4O3. The van der Waals surface area contributed by atoms with E-state index in [1.54, 1.807) is 0 Å². The van der Waals surface area contributed by atoms with Crippen molar-refractivity contribution in [2.45, 2.75) is 40.7 Å². The fraction of sp³-hybridized carbons (Fsp3) is 0.375. The molecule has 7 nitrogen and oxygen atoms in total. The van der Waals surface area contributed by atoms with Gasteiger partial charge in [-0.25, -0.2) is 4.79 Å². The molecule has 0 radical (unpaired) electrons. The van der Waals surface area contributed by atoms with Crippen LogP contribution in [0.2, 0.25) is 0 Å². The number of aromatic nitrogens is 2. The average Bonchev–Trinajstić information content (AvgIpc) is 2.69. The van der Waals surface area contributed by atoms with E-state index < -0.39 is 11.2 Å². The van der Waals surface area contributed by atoms with Crippen molar-refractivity contribution >= 4 is 28.2 Å². The predicted molar refractivity (Wildman–Crippen MR) is 125 cm³/mol. The molecule has 3 N–H and O–H groups in total. The van der Waals surface area contributed by atoms with Gasteiger partial charge in [-0.05, 0) is 28.2 Å². The average molecular weight is 423 g/mol. The zero-order valence-corrected chi connectivity index (χ0v) is 18.5. The normalized spacial score (nSPS) is 11.4. The summed E-state index contributed by atoms with van der Waals surface area (Å²) in [5, 5.41) is 2.14. The van der Waals surface area contributed by atoms with Crippen LogP contribution in [0.4, 0.5) is 11.5 Å². The number of hydrogen-bond donors (Lipinski definition) is 2. The number of nitrogens with one attached hydrogen (secondary N) is 1. The first-order valence-corrected chi connectivity index (χ1v) is 10.6. The molecule has 0 bridgehead atoms. The van der Waals surface area contributed by atoms with E-state index >= 15 is 0 Å². The minimum absolute atomic E-state index is 0.0231. The van der Waals surface area contributed by atoms with Crippen LogP contribution < -0.4 is 21.9 Å². The fourth-order valence-corrected chi connectivity index (χ4v) is 3.69. The van der Waals surface area contributed by atoms with Crippen LogP contribution >= 0.6 is 0 Å². The smallest absolute Gasteiger partial charge is 0.330 e. The lowest BCUT2D eigenvalue weighted by Crippen LogP contribution is -2.43. The molecular weight excluding hydrogens is 392 g/mol. The molecule has 0 atom stereocenters. The van der Waals surface area contributed by atoms with Gasteiger partial charge in [0.15, 0.2) is 5.69 Å². The van der Waals surface area contributed by atoms with Gasteiger partial charge >= 0.3 is 5.69 Å². The number of hydrogen-bond acceptors (Lipinski definition) is 4. The van der Waals surface area contributed by atoms with Crippen molar-refractivity contribution in [1.29, 1.82) is 0 Å². The second-order valence-electron chi connectivity index (χ2n) is 8.75. The van der Waals surface area contributed by atoms with Crippen LogP contribution in [-0.4, -0.2) is 22.0 Å². The Morgan fingerprint density at radius 2 is 1.71 bits per heavy atom. The molecule has 0 spiro atoms. The lowest BCUT2D eigenvalue weighted by molar-refractivity contribution is -0.118. The van der Waals surface area contributed by atoms with Crippen LogP contribution in [0.3, 0.4) is 0 Å². The maximum Gasteiger partial charge on any atom is 0.330 e. The number of nitrogens with zero attached hydrogens (tertiary/aromatic N) is 2. The van der Waals surface area contributed by atoms with Gasteiger partial charge in [-0.15, -0.1) is 0 Å². The highest BCUT2D eigenvalue weighted by molar-refractivity contribution is 5.97. The SMILES string of the molecule is CC(C)CN(C(=O)Cc1ccc2ccccc2c1)c1c(N)n(CC(C)C)c(=O)[nH]c1=O. The predicted octanol–water partition coefficient (Wildman–Crippen LogP) is 3.16. The van der Waals surface area contributed by atoms with Gasteiger partial charge in [-0.1, -0.05) is 70.2 Å². The van der Waals surface area contributed by atoms with E-state index in [1.165, 1.54) is 9.47 Å². The third kappa shape index (κ3) is 5.05. The zero-order chi connectivity index (χ0) is 22.7. The summed E-state index contributed by atoms with van der Waals surface area (Å²) in [5.74, 6) is 0.0290. The molecule has 164 valence electrons. The Morgan fingerprint density at radius 1 is 1.03 bits per heavy atom. The van der Waals surface area contributed by atoms with Gasteiger partial charge < -0.3 is 10.6 Å². The molecule has 0 aliphatic heterocycles. The number of aromatic amines is 1. The van der Waals surface area contributed by atoms with Gasteiger partial charge in [-0.3, -0.25) is 19.1 Å². The Morgan fingerprint density at radius 3 is 2.35 bits per heavy atom. The van der Waals surface area contributed by atoms with E-state index in [0.29, 0.717) is 13.1 Å². The van der Waals surface area contributed by atoms with Crippen LogP contribution in [-0.2, 0) is 17.8 Å². The minimum atomic E-state index is -0.644. The third-order valence-corrected chi connectivity index (χ3v) is 5.05. The third-order valence-electron chi connectivity index (χ3n) is 5.05. The number of carbonyl (C=O) groups is 1. The van der Waals surface area contributed by atoms with Crippen molar-refractivity contribution in [2.24, 2.45) is 11.8 Å². The van der Waals surface area contributed by atoms with E-state index in [1.807, 2.05) is 70.2 Å². The van der Waals surface area contributed by atoms with E-state index in [0.717, 1.165) is 16.3 Å². The zero-order valence-electron chi connectivity index (χ0n) is 18.5. The number of benzene rings is 2. The summed E-state index contributed by atoms with van der Waals surface area (Å²) >= 11 is 0. The molecule has 31 heavy (non-hydrogen) atoms. The van der Waals surface area contributed by atoms with Crippen molar-refractivity contribution < 1.29 is 4.79 Å². The first kappa shape index (κ1) is 22.3. The minimum Gasteiger partial charge on any atom is -0.383 e. The summed E-state index contributed by atoms with van der Waals surface area (Å²) in [6.45, 7) is 8.50. The molecule has 1 aromatic heterocycles. The van der Waals surface area contributed by atoms with Gasteiger partial charge in [0, 0.05) is 13.1 Å². The quantitative estimate of drug-likeness (QED) is 0.611. The first-order valence-electron chi connectivity index (χ1n) is 10.6. The van der Waals surface area contributed by atoms with Crippen LogP contribution in [0.15, 0.2) is 52.1 Å². The summed E-state index contributed by atoms with van der Waals surface area (Å²) in [6.07, 6.45) is 0.125. The molecule has 0 saturated carbocycles. The molecule has 2 aromatic carbocycles. The Bertz CT molecular complexity index is 1210. The number of nitrogen functional groups attached to an aromatic ring is 1. The highest BCUT2D eigenvalue weighted by Crippen LogP contribution is 2.22. The van der Waals surface area contributed by atoms with Crippen LogP contribution in [0.1, 0.15) is 33.3 Å².